The summed E-state index contributed by atoms with van der Waals surface area (Å²) in [5.41, 5.74) is 17.0. The van der Waals surface area contributed by atoms with Gasteiger partial charge in [0, 0.05) is 57.7 Å². The summed E-state index contributed by atoms with van der Waals surface area (Å²) in [6.07, 6.45) is 9.82. The predicted octanol–water partition coefficient (Wildman–Crippen LogP) is 12.7. The van der Waals surface area contributed by atoms with Crippen LogP contribution in [0, 0.1) is 3.70 Å². The maximum absolute atomic E-state index is 5.25. The number of halogens is 2. The van der Waals surface area contributed by atoms with Crippen LogP contribution in [0.1, 0.15) is 0 Å². The second-order valence-corrected chi connectivity index (χ2v) is 15.3. The van der Waals surface area contributed by atoms with Crippen molar-refractivity contribution in [2.75, 3.05) is 5.73 Å². The Bertz CT molecular complexity index is 3030. The third-order valence-corrected chi connectivity index (χ3v) is 10.9. The van der Waals surface area contributed by atoms with Gasteiger partial charge in [0.05, 0.1) is 17.1 Å². The van der Waals surface area contributed by atoms with Crippen molar-refractivity contribution in [1.29, 1.82) is 0 Å². The molecule has 0 fully saturated rings. The van der Waals surface area contributed by atoms with Gasteiger partial charge in [-0.3, -0.25) is 8.80 Å². The molecule has 2 N–H and O–H groups in total. The number of pyridine rings is 4. The summed E-state index contributed by atoms with van der Waals surface area (Å²) in [5, 5.41) is 0. The zero-order chi connectivity index (χ0) is 41.1. The van der Waals surface area contributed by atoms with E-state index in [1.54, 1.807) is 12.3 Å². The van der Waals surface area contributed by atoms with E-state index in [0.29, 0.717) is 5.82 Å². The highest BCUT2D eigenvalue weighted by molar-refractivity contribution is 14.1. The minimum atomic E-state index is 0.572. The van der Waals surface area contributed by atoms with E-state index in [1.165, 1.54) is 0 Å². The monoisotopic (exact) mass is 956 g/mol. The Labute approximate surface area is 370 Å². The number of rotatable bonds is 4. The fourth-order valence-corrected chi connectivity index (χ4v) is 7.59. The van der Waals surface area contributed by atoms with Gasteiger partial charge < -0.3 is 10.1 Å². The molecule has 7 heterocycles. The Morgan fingerprint density at radius 2 is 0.967 bits per heavy atom. The summed E-state index contributed by atoms with van der Waals surface area (Å²) in [5.74, 6) is 0.572. The predicted molar refractivity (Wildman–Crippen MR) is 256 cm³/mol. The molecule has 0 aliphatic rings. The summed E-state index contributed by atoms with van der Waals surface area (Å²) >= 11 is 5.84. The SMILES string of the molecule is Brc1ccc(-c2c(-c3ccccc3)nc3ccccn23)cc1.Ic1c(-c2ccccc2)nc2ccccn12.Nc1ccccn1.c1ccc(-c2cn3ccccc3n2)cc1. The smallest absolute Gasteiger partial charge is 0.138 e. The molecule has 0 spiro atoms. The van der Waals surface area contributed by atoms with Crippen LogP contribution in [0.4, 0.5) is 5.82 Å². The molecule has 0 aliphatic carbocycles. The van der Waals surface area contributed by atoms with Crippen molar-refractivity contribution >= 4 is 61.3 Å². The zero-order valence-corrected chi connectivity index (χ0v) is 36.0. The van der Waals surface area contributed by atoms with E-state index in [1.807, 2.05) is 144 Å². The van der Waals surface area contributed by atoms with E-state index >= 15 is 0 Å². The molecule has 11 rings (SSSR count). The van der Waals surface area contributed by atoms with E-state index < -0.39 is 0 Å². The van der Waals surface area contributed by atoms with E-state index in [9.17, 15) is 0 Å². The minimum Gasteiger partial charge on any atom is -0.384 e. The molecular weight excluding hydrogens is 919 g/mol. The fourth-order valence-electron chi connectivity index (χ4n) is 6.48. The van der Waals surface area contributed by atoms with Gasteiger partial charge in [-0.25, -0.2) is 19.9 Å². The van der Waals surface area contributed by atoms with Crippen LogP contribution in [0.15, 0.2) is 224 Å². The van der Waals surface area contributed by atoms with Crippen molar-refractivity contribution in [3.63, 3.8) is 0 Å². The van der Waals surface area contributed by atoms with Crippen LogP contribution >= 0.6 is 38.5 Å². The van der Waals surface area contributed by atoms with Gasteiger partial charge in [0.2, 0.25) is 0 Å². The average Bonchev–Trinajstić information content (AvgIpc) is 4.02. The van der Waals surface area contributed by atoms with Gasteiger partial charge in [-0.2, -0.15) is 0 Å². The largest absolute Gasteiger partial charge is 0.384 e. The van der Waals surface area contributed by atoms with E-state index in [0.717, 1.165) is 70.1 Å². The molecule has 0 atom stereocenters. The van der Waals surface area contributed by atoms with E-state index in [4.69, 9.17) is 10.7 Å². The number of anilines is 1. The molecule has 4 aromatic carbocycles. The summed E-state index contributed by atoms with van der Waals surface area (Å²) in [6.45, 7) is 0. The normalized spacial score (nSPS) is 10.6. The summed E-state index contributed by atoms with van der Waals surface area (Å²) < 4.78 is 8.50. The molecule has 60 heavy (non-hydrogen) atoms. The zero-order valence-electron chi connectivity index (χ0n) is 32.2. The van der Waals surface area contributed by atoms with Gasteiger partial charge in [0.1, 0.15) is 32.2 Å². The molecule has 0 unspecified atom stereocenters. The van der Waals surface area contributed by atoms with Crippen molar-refractivity contribution in [2.45, 2.75) is 0 Å². The number of nitrogens with two attached hydrogens (primary N) is 1. The lowest BCUT2D eigenvalue weighted by molar-refractivity contribution is 1.15. The van der Waals surface area contributed by atoms with Gasteiger partial charge in [0.25, 0.3) is 0 Å². The lowest BCUT2D eigenvalue weighted by atomic mass is 10.1. The standard InChI is InChI=1S/C19H13BrN2.C13H9IN2.C13H10N2.C5H6N2/c20-16-11-9-15(10-12-16)19-18(14-6-2-1-3-7-14)21-17-8-4-5-13-22(17)19;14-13-12(10-6-2-1-3-7-10)15-11-8-4-5-9-16(11)13;1-2-6-11(7-3-1)12-10-15-9-5-4-8-13(15)14-12;6-5-3-1-2-4-7-5/h1-13H;1-9H;1-10H;1-4H,(H2,6,7). The van der Waals surface area contributed by atoms with E-state index in [2.05, 4.69) is 129 Å². The Balaban J connectivity index is 0.000000117. The van der Waals surface area contributed by atoms with Gasteiger partial charge in [0.15, 0.2) is 0 Å². The average molecular weight is 958 g/mol. The first-order chi connectivity index (χ1) is 29.5. The van der Waals surface area contributed by atoms with Crippen LogP contribution in [0.5, 0.6) is 0 Å². The molecule has 0 bridgehead atoms. The molecule has 11 aromatic rings. The van der Waals surface area contributed by atoms with Crippen LogP contribution in [0.2, 0.25) is 0 Å². The Morgan fingerprint density at radius 1 is 0.450 bits per heavy atom. The summed E-state index contributed by atoms with van der Waals surface area (Å²) in [7, 11) is 0. The number of nitrogen functional groups attached to an aromatic ring is 1. The number of hydrogen-bond acceptors (Lipinski definition) is 5. The van der Waals surface area contributed by atoms with Crippen LogP contribution in [-0.4, -0.2) is 33.1 Å². The van der Waals surface area contributed by atoms with Crippen molar-refractivity contribution in [3.05, 3.63) is 227 Å². The van der Waals surface area contributed by atoms with Crippen molar-refractivity contribution < 1.29 is 0 Å². The number of benzene rings is 4. The molecule has 0 saturated carbocycles. The first-order valence-electron chi connectivity index (χ1n) is 19.1. The minimum absolute atomic E-state index is 0.572. The highest BCUT2D eigenvalue weighted by Crippen LogP contribution is 2.33. The number of aromatic nitrogens is 7. The van der Waals surface area contributed by atoms with Crippen molar-refractivity contribution in [2.24, 2.45) is 0 Å². The molecule has 0 saturated heterocycles. The molecule has 7 aromatic heterocycles. The highest BCUT2D eigenvalue weighted by atomic mass is 127. The summed E-state index contributed by atoms with van der Waals surface area (Å²) in [4.78, 5) is 17.8. The molecule has 8 nitrogen and oxygen atoms in total. The first-order valence-corrected chi connectivity index (χ1v) is 21.0. The Kier molecular flexibility index (Phi) is 12.8. The lowest BCUT2D eigenvalue weighted by Crippen LogP contribution is -1.89. The maximum Gasteiger partial charge on any atom is 0.138 e. The number of hydrogen-bond donors (Lipinski definition) is 1. The molecule has 0 amide bonds. The lowest BCUT2D eigenvalue weighted by Gasteiger charge is -2.06. The third-order valence-electron chi connectivity index (χ3n) is 9.33. The Hall–Kier alpha value is -6.89. The summed E-state index contributed by atoms with van der Waals surface area (Å²) in [6, 6.07) is 62.7. The molecule has 10 heteroatoms. The third kappa shape index (κ3) is 9.52. The van der Waals surface area contributed by atoms with Crippen LogP contribution in [0.25, 0.3) is 62.0 Å². The van der Waals surface area contributed by atoms with Gasteiger partial charge in [-0.15, -0.1) is 0 Å². The number of imidazole rings is 3. The second kappa shape index (κ2) is 19.2. The van der Waals surface area contributed by atoms with Crippen molar-refractivity contribution in [3.8, 4) is 45.0 Å². The van der Waals surface area contributed by atoms with E-state index in [-0.39, 0.29) is 0 Å². The first kappa shape index (κ1) is 39.9. The van der Waals surface area contributed by atoms with Gasteiger partial charge in [-0.05, 0) is 83.3 Å². The highest BCUT2D eigenvalue weighted by Gasteiger charge is 2.15. The van der Waals surface area contributed by atoms with Crippen LogP contribution in [0.3, 0.4) is 0 Å². The molecule has 0 radical (unpaired) electrons. The Morgan fingerprint density at radius 3 is 1.53 bits per heavy atom. The van der Waals surface area contributed by atoms with Gasteiger partial charge in [-0.1, -0.05) is 143 Å². The quantitative estimate of drug-likeness (QED) is 0.177. The van der Waals surface area contributed by atoms with Gasteiger partial charge >= 0.3 is 0 Å². The molecule has 0 aliphatic heterocycles. The molecule has 292 valence electrons. The number of fused-ring (bicyclic) bond motifs is 3. The molecular formula is C50H38BrIN8. The maximum atomic E-state index is 5.25. The topological polar surface area (TPSA) is 90.8 Å². The number of nitrogens with zero attached hydrogens (tertiary/aromatic N) is 7. The second-order valence-electron chi connectivity index (χ2n) is 13.4. The van der Waals surface area contributed by atoms with Crippen molar-refractivity contribution in [1.82, 2.24) is 33.1 Å². The fraction of sp³-hybridized carbons (Fsp3) is 0. The van der Waals surface area contributed by atoms with Crippen LogP contribution in [-0.2, 0) is 0 Å². The van der Waals surface area contributed by atoms with Crippen LogP contribution < -0.4 is 5.73 Å².